The molecule has 0 saturated heterocycles. The van der Waals surface area contributed by atoms with Crippen LogP contribution in [0.5, 0.6) is 5.75 Å². The van der Waals surface area contributed by atoms with Crippen molar-refractivity contribution in [2.24, 2.45) is 0 Å². The first kappa shape index (κ1) is 9.65. The maximum Gasteiger partial charge on any atom is 0.137 e. The van der Waals surface area contributed by atoms with Gasteiger partial charge in [-0.15, -0.1) is 0 Å². The third-order valence-corrected chi connectivity index (χ3v) is 2.22. The van der Waals surface area contributed by atoms with Crippen LogP contribution in [-0.2, 0) is 0 Å². The summed E-state index contributed by atoms with van der Waals surface area (Å²) in [6, 6.07) is 7.77. The standard InChI is InChI=1S/C12H10FNO/c1-8-12(15)6-10(7-14-8)9-3-2-4-11(13)5-9/h2-7,15H,1H3. The molecule has 1 aromatic heterocycles. The van der Waals surface area contributed by atoms with Crippen molar-refractivity contribution in [2.45, 2.75) is 6.92 Å². The van der Waals surface area contributed by atoms with E-state index < -0.39 is 0 Å². The zero-order valence-corrected chi connectivity index (χ0v) is 8.24. The van der Waals surface area contributed by atoms with Crippen molar-refractivity contribution in [2.75, 3.05) is 0 Å². The first-order valence-corrected chi connectivity index (χ1v) is 4.58. The van der Waals surface area contributed by atoms with E-state index in [-0.39, 0.29) is 11.6 Å². The molecule has 76 valence electrons. The second kappa shape index (κ2) is 3.69. The predicted molar refractivity (Wildman–Crippen MR) is 56.0 cm³/mol. The molecular formula is C12H10FNO. The van der Waals surface area contributed by atoms with Gasteiger partial charge in [0.15, 0.2) is 0 Å². The minimum atomic E-state index is -0.299. The smallest absolute Gasteiger partial charge is 0.137 e. The van der Waals surface area contributed by atoms with E-state index in [0.29, 0.717) is 16.8 Å². The molecule has 0 aliphatic carbocycles. The van der Waals surface area contributed by atoms with Crippen molar-refractivity contribution in [3.8, 4) is 16.9 Å². The second-order valence-corrected chi connectivity index (χ2v) is 3.34. The molecule has 2 aromatic rings. The summed E-state index contributed by atoms with van der Waals surface area (Å²) in [5.41, 5.74) is 1.98. The lowest BCUT2D eigenvalue weighted by Crippen LogP contribution is -1.85. The SMILES string of the molecule is Cc1ncc(-c2cccc(F)c2)cc1O. The summed E-state index contributed by atoms with van der Waals surface area (Å²) in [4.78, 5) is 4.01. The van der Waals surface area contributed by atoms with E-state index in [1.165, 1.54) is 12.1 Å². The van der Waals surface area contributed by atoms with Crippen molar-refractivity contribution < 1.29 is 9.50 Å². The summed E-state index contributed by atoms with van der Waals surface area (Å²) in [5, 5.41) is 9.47. The first-order chi connectivity index (χ1) is 7.16. The Morgan fingerprint density at radius 2 is 2.00 bits per heavy atom. The fraction of sp³-hybridized carbons (Fsp3) is 0.0833. The lowest BCUT2D eigenvalue weighted by molar-refractivity contribution is 0.468. The van der Waals surface area contributed by atoms with Gasteiger partial charge in [-0.3, -0.25) is 4.98 Å². The van der Waals surface area contributed by atoms with E-state index >= 15 is 0 Å². The third kappa shape index (κ3) is 1.96. The van der Waals surface area contributed by atoms with Crippen LogP contribution in [0.4, 0.5) is 4.39 Å². The predicted octanol–water partition coefficient (Wildman–Crippen LogP) is 2.90. The Bertz CT molecular complexity index is 497. The Morgan fingerprint density at radius 1 is 1.20 bits per heavy atom. The highest BCUT2D eigenvalue weighted by Gasteiger charge is 2.03. The van der Waals surface area contributed by atoms with Crippen molar-refractivity contribution in [1.29, 1.82) is 0 Å². The average Bonchev–Trinajstić information content (AvgIpc) is 2.22. The van der Waals surface area contributed by atoms with Gasteiger partial charge in [-0.05, 0) is 30.7 Å². The molecule has 0 saturated carbocycles. The highest BCUT2D eigenvalue weighted by Crippen LogP contribution is 2.24. The fourth-order valence-corrected chi connectivity index (χ4v) is 1.35. The Hall–Kier alpha value is -1.90. The highest BCUT2D eigenvalue weighted by atomic mass is 19.1. The number of aryl methyl sites for hydroxylation is 1. The number of hydrogen-bond acceptors (Lipinski definition) is 2. The molecule has 0 atom stereocenters. The minimum Gasteiger partial charge on any atom is -0.506 e. The number of benzene rings is 1. The number of pyridine rings is 1. The topological polar surface area (TPSA) is 33.1 Å². The molecule has 15 heavy (non-hydrogen) atoms. The van der Waals surface area contributed by atoms with Gasteiger partial charge in [0.25, 0.3) is 0 Å². The Balaban J connectivity index is 2.50. The van der Waals surface area contributed by atoms with Crippen LogP contribution in [-0.4, -0.2) is 10.1 Å². The lowest BCUT2D eigenvalue weighted by atomic mass is 10.1. The molecule has 1 heterocycles. The van der Waals surface area contributed by atoms with Crippen LogP contribution in [0.15, 0.2) is 36.5 Å². The molecule has 0 bridgehead atoms. The van der Waals surface area contributed by atoms with Gasteiger partial charge < -0.3 is 5.11 Å². The molecule has 0 amide bonds. The largest absolute Gasteiger partial charge is 0.506 e. The quantitative estimate of drug-likeness (QED) is 0.773. The van der Waals surface area contributed by atoms with Crippen LogP contribution in [0, 0.1) is 12.7 Å². The molecule has 1 aromatic carbocycles. The monoisotopic (exact) mass is 203 g/mol. The zero-order chi connectivity index (χ0) is 10.8. The summed E-state index contributed by atoms with van der Waals surface area (Å²) in [6.45, 7) is 1.71. The van der Waals surface area contributed by atoms with E-state index in [0.717, 1.165) is 0 Å². The van der Waals surface area contributed by atoms with E-state index in [4.69, 9.17) is 0 Å². The molecule has 2 rings (SSSR count). The van der Waals surface area contributed by atoms with E-state index in [1.54, 1.807) is 31.3 Å². The maximum absolute atomic E-state index is 12.9. The Labute approximate surface area is 87.0 Å². The molecule has 0 radical (unpaired) electrons. The van der Waals surface area contributed by atoms with E-state index in [9.17, 15) is 9.50 Å². The highest BCUT2D eigenvalue weighted by molar-refractivity contribution is 5.64. The van der Waals surface area contributed by atoms with Crippen molar-refractivity contribution in [3.63, 3.8) is 0 Å². The van der Waals surface area contributed by atoms with Gasteiger partial charge in [-0.1, -0.05) is 12.1 Å². The summed E-state index contributed by atoms with van der Waals surface area (Å²) in [7, 11) is 0. The number of rotatable bonds is 1. The van der Waals surface area contributed by atoms with Crippen LogP contribution in [0.25, 0.3) is 11.1 Å². The van der Waals surface area contributed by atoms with E-state index in [1.807, 2.05) is 0 Å². The molecule has 0 unspecified atom stereocenters. The van der Waals surface area contributed by atoms with Gasteiger partial charge in [0.2, 0.25) is 0 Å². The normalized spacial score (nSPS) is 10.3. The van der Waals surface area contributed by atoms with Crippen molar-refractivity contribution >= 4 is 0 Å². The summed E-state index contributed by atoms with van der Waals surface area (Å²) >= 11 is 0. The van der Waals surface area contributed by atoms with Gasteiger partial charge >= 0.3 is 0 Å². The summed E-state index contributed by atoms with van der Waals surface area (Å²) in [5.74, 6) is -0.177. The number of aromatic nitrogens is 1. The fourth-order valence-electron chi connectivity index (χ4n) is 1.35. The number of halogens is 1. The summed E-state index contributed by atoms with van der Waals surface area (Å²) in [6.07, 6.45) is 1.61. The van der Waals surface area contributed by atoms with Gasteiger partial charge in [-0.25, -0.2) is 4.39 Å². The zero-order valence-electron chi connectivity index (χ0n) is 8.24. The van der Waals surface area contributed by atoms with Crippen LogP contribution in [0.2, 0.25) is 0 Å². The van der Waals surface area contributed by atoms with Crippen molar-refractivity contribution in [1.82, 2.24) is 4.98 Å². The van der Waals surface area contributed by atoms with Gasteiger partial charge in [0.1, 0.15) is 11.6 Å². The Kier molecular flexibility index (Phi) is 2.37. The van der Waals surface area contributed by atoms with Crippen LogP contribution in [0.1, 0.15) is 5.69 Å². The van der Waals surface area contributed by atoms with Crippen LogP contribution in [0.3, 0.4) is 0 Å². The number of hydrogen-bond donors (Lipinski definition) is 1. The second-order valence-electron chi connectivity index (χ2n) is 3.34. The van der Waals surface area contributed by atoms with Gasteiger partial charge in [0, 0.05) is 11.8 Å². The molecular weight excluding hydrogens is 193 g/mol. The average molecular weight is 203 g/mol. The number of nitrogens with zero attached hydrogens (tertiary/aromatic N) is 1. The third-order valence-electron chi connectivity index (χ3n) is 2.22. The maximum atomic E-state index is 12.9. The lowest BCUT2D eigenvalue weighted by Gasteiger charge is -2.03. The molecule has 0 aliphatic rings. The molecule has 3 heteroatoms. The molecule has 0 fully saturated rings. The van der Waals surface area contributed by atoms with Gasteiger partial charge in [0.05, 0.1) is 5.69 Å². The van der Waals surface area contributed by atoms with Gasteiger partial charge in [-0.2, -0.15) is 0 Å². The molecule has 0 spiro atoms. The Morgan fingerprint density at radius 3 is 2.67 bits per heavy atom. The molecule has 1 N–H and O–H groups in total. The van der Waals surface area contributed by atoms with Crippen LogP contribution < -0.4 is 0 Å². The number of aromatic hydroxyl groups is 1. The first-order valence-electron chi connectivity index (χ1n) is 4.58. The van der Waals surface area contributed by atoms with Crippen LogP contribution >= 0.6 is 0 Å². The summed E-state index contributed by atoms with van der Waals surface area (Å²) < 4.78 is 12.9. The van der Waals surface area contributed by atoms with Crippen molar-refractivity contribution in [3.05, 3.63) is 48.0 Å². The minimum absolute atomic E-state index is 0.122. The van der Waals surface area contributed by atoms with E-state index in [2.05, 4.69) is 4.98 Å². The molecule has 0 aliphatic heterocycles. The molecule has 2 nitrogen and oxygen atoms in total.